The van der Waals surface area contributed by atoms with E-state index in [-0.39, 0.29) is 0 Å². The molecule has 21 heavy (non-hydrogen) atoms. The predicted octanol–water partition coefficient (Wildman–Crippen LogP) is 2.20. The van der Waals surface area contributed by atoms with Crippen molar-refractivity contribution >= 4 is 0 Å². The van der Waals surface area contributed by atoms with Crippen LogP contribution in [0.5, 0.6) is 5.75 Å². The molecule has 3 rings (SSSR count). The van der Waals surface area contributed by atoms with E-state index in [1.54, 1.807) is 7.11 Å². The lowest BCUT2D eigenvalue weighted by Crippen LogP contribution is -2.19. The quantitative estimate of drug-likeness (QED) is 0.884. The Bertz CT molecular complexity index is 631. The van der Waals surface area contributed by atoms with Crippen molar-refractivity contribution in [2.24, 2.45) is 0 Å². The first kappa shape index (κ1) is 14.1. The van der Waals surface area contributed by atoms with Crippen molar-refractivity contribution in [1.82, 2.24) is 20.1 Å². The molecule has 0 spiro atoms. The third kappa shape index (κ3) is 3.08. The van der Waals surface area contributed by atoms with Crippen LogP contribution in [-0.4, -0.2) is 27.9 Å². The van der Waals surface area contributed by atoms with E-state index in [2.05, 4.69) is 28.4 Å². The van der Waals surface area contributed by atoms with Crippen LogP contribution in [0.2, 0.25) is 0 Å². The van der Waals surface area contributed by atoms with Gasteiger partial charge < -0.3 is 10.1 Å². The Kier molecular flexibility index (Phi) is 3.92. The lowest BCUT2D eigenvalue weighted by atomic mass is 10.1. The van der Waals surface area contributed by atoms with Gasteiger partial charge in [-0.25, -0.2) is 0 Å². The Labute approximate surface area is 125 Å². The molecule has 112 valence electrons. The number of hydrogen-bond donors (Lipinski definition) is 1. The van der Waals surface area contributed by atoms with E-state index in [1.165, 1.54) is 18.5 Å². The van der Waals surface area contributed by atoms with Crippen LogP contribution in [0.1, 0.15) is 35.4 Å². The third-order valence-electron chi connectivity index (χ3n) is 4.00. The summed E-state index contributed by atoms with van der Waals surface area (Å²) in [7, 11) is 1.71. The molecule has 0 aliphatic heterocycles. The second kappa shape index (κ2) is 5.85. The summed E-state index contributed by atoms with van der Waals surface area (Å²) in [6.45, 7) is 5.62. The van der Waals surface area contributed by atoms with Crippen molar-refractivity contribution in [3.8, 4) is 5.75 Å². The fourth-order valence-corrected chi connectivity index (χ4v) is 2.56. The maximum Gasteiger partial charge on any atom is 0.128 e. The summed E-state index contributed by atoms with van der Waals surface area (Å²) >= 11 is 0. The highest BCUT2D eigenvalue weighted by molar-refractivity contribution is 5.41. The Balaban J connectivity index is 1.78. The number of rotatable bonds is 6. The summed E-state index contributed by atoms with van der Waals surface area (Å²) in [5.74, 6) is 0.921. The van der Waals surface area contributed by atoms with Crippen LogP contribution in [0.15, 0.2) is 18.5 Å². The highest BCUT2D eigenvalue weighted by Crippen LogP contribution is 2.24. The first-order valence-corrected chi connectivity index (χ1v) is 7.42. The number of methoxy groups -OCH3 is 1. The van der Waals surface area contributed by atoms with Crippen molar-refractivity contribution in [3.05, 3.63) is 41.0 Å². The predicted molar refractivity (Wildman–Crippen MR) is 81.5 cm³/mol. The van der Waals surface area contributed by atoms with Crippen molar-refractivity contribution in [2.45, 2.75) is 45.8 Å². The fourth-order valence-electron chi connectivity index (χ4n) is 2.56. The molecule has 2 aromatic rings. The van der Waals surface area contributed by atoms with Gasteiger partial charge in [-0.2, -0.15) is 5.10 Å². The molecule has 0 bridgehead atoms. The number of aryl methyl sites for hydroxylation is 1. The zero-order valence-electron chi connectivity index (χ0n) is 12.9. The minimum Gasteiger partial charge on any atom is -0.496 e. The Morgan fingerprint density at radius 2 is 2.19 bits per heavy atom. The molecule has 2 aromatic heterocycles. The molecule has 0 amide bonds. The largest absolute Gasteiger partial charge is 0.496 e. The number of hydrogen-bond acceptors (Lipinski definition) is 4. The van der Waals surface area contributed by atoms with Gasteiger partial charge in [0, 0.05) is 36.1 Å². The lowest BCUT2D eigenvalue weighted by molar-refractivity contribution is 0.406. The Hall–Kier alpha value is -1.88. The van der Waals surface area contributed by atoms with Gasteiger partial charge in [0.25, 0.3) is 0 Å². The zero-order chi connectivity index (χ0) is 14.8. The van der Waals surface area contributed by atoms with Crippen LogP contribution >= 0.6 is 0 Å². The molecule has 1 aliphatic carbocycles. The molecular weight excluding hydrogens is 264 g/mol. The summed E-state index contributed by atoms with van der Waals surface area (Å²) < 4.78 is 7.48. The number of nitrogens with zero attached hydrogens (tertiary/aromatic N) is 3. The smallest absolute Gasteiger partial charge is 0.128 e. The van der Waals surface area contributed by atoms with E-state index in [9.17, 15) is 0 Å². The molecule has 0 atom stereocenters. The van der Waals surface area contributed by atoms with E-state index in [4.69, 9.17) is 4.74 Å². The van der Waals surface area contributed by atoms with E-state index < -0.39 is 0 Å². The minimum atomic E-state index is 0.678. The number of pyridine rings is 1. The fraction of sp³-hybridized carbons (Fsp3) is 0.500. The van der Waals surface area contributed by atoms with Gasteiger partial charge in [0.1, 0.15) is 5.75 Å². The molecule has 5 heteroatoms. The van der Waals surface area contributed by atoms with Gasteiger partial charge >= 0.3 is 0 Å². The SMILES string of the molecule is COc1c(C)cnc(Cn2nccc2CNC2CC2)c1C. The average molecular weight is 286 g/mol. The average Bonchev–Trinajstić information content (AvgIpc) is 3.20. The van der Waals surface area contributed by atoms with Crippen LogP contribution in [0, 0.1) is 13.8 Å². The summed E-state index contributed by atoms with van der Waals surface area (Å²) in [5, 5.41) is 7.95. The molecule has 0 unspecified atom stereocenters. The second-order valence-electron chi connectivity index (χ2n) is 5.68. The summed E-state index contributed by atoms with van der Waals surface area (Å²) in [6.07, 6.45) is 6.31. The molecule has 1 N–H and O–H groups in total. The topological polar surface area (TPSA) is 52.0 Å². The summed E-state index contributed by atoms with van der Waals surface area (Å²) in [4.78, 5) is 4.55. The van der Waals surface area contributed by atoms with Gasteiger partial charge in [-0.3, -0.25) is 9.67 Å². The highest BCUT2D eigenvalue weighted by Gasteiger charge is 2.20. The molecule has 1 fully saturated rings. The molecule has 1 aliphatic rings. The van der Waals surface area contributed by atoms with Gasteiger partial charge in [0.05, 0.1) is 25.0 Å². The van der Waals surface area contributed by atoms with Crippen molar-refractivity contribution in [1.29, 1.82) is 0 Å². The van der Waals surface area contributed by atoms with E-state index >= 15 is 0 Å². The van der Waals surface area contributed by atoms with Crippen molar-refractivity contribution in [2.75, 3.05) is 7.11 Å². The molecule has 1 saturated carbocycles. The molecule has 0 saturated heterocycles. The maximum atomic E-state index is 5.47. The van der Waals surface area contributed by atoms with Crippen LogP contribution < -0.4 is 10.1 Å². The van der Waals surface area contributed by atoms with Gasteiger partial charge in [-0.15, -0.1) is 0 Å². The van der Waals surface area contributed by atoms with Crippen LogP contribution in [0.4, 0.5) is 0 Å². The zero-order valence-corrected chi connectivity index (χ0v) is 12.9. The normalized spacial score (nSPS) is 14.4. The van der Waals surface area contributed by atoms with E-state index in [0.29, 0.717) is 12.6 Å². The van der Waals surface area contributed by atoms with Gasteiger partial charge in [0.15, 0.2) is 0 Å². The number of aromatic nitrogens is 3. The number of ether oxygens (including phenoxy) is 1. The van der Waals surface area contributed by atoms with Crippen LogP contribution in [0.25, 0.3) is 0 Å². The lowest BCUT2D eigenvalue weighted by Gasteiger charge is -2.13. The third-order valence-corrected chi connectivity index (χ3v) is 4.00. The molecule has 5 nitrogen and oxygen atoms in total. The first-order chi connectivity index (χ1) is 10.2. The monoisotopic (exact) mass is 286 g/mol. The van der Waals surface area contributed by atoms with E-state index in [1.807, 2.05) is 24.0 Å². The van der Waals surface area contributed by atoms with Gasteiger partial charge in [-0.1, -0.05) is 0 Å². The van der Waals surface area contributed by atoms with Crippen LogP contribution in [0.3, 0.4) is 0 Å². The van der Waals surface area contributed by atoms with Gasteiger partial charge in [-0.05, 0) is 32.8 Å². The Morgan fingerprint density at radius 3 is 2.90 bits per heavy atom. The molecule has 2 heterocycles. The van der Waals surface area contributed by atoms with E-state index in [0.717, 1.165) is 29.1 Å². The number of nitrogens with one attached hydrogen (secondary N) is 1. The Morgan fingerprint density at radius 1 is 1.38 bits per heavy atom. The summed E-state index contributed by atoms with van der Waals surface area (Å²) in [6, 6.07) is 2.77. The maximum absolute atomic E-state index is 5.47. The standard InChI is InChI=1S/C16H22N4O/c1-11-8-18-15(12(2)16(11)21-3)10-20-14(6-7-19-20)9-17-13-4-5-13/h6-8,13,17H,4-5,9-10H2,1-3H3. The minimum absolute atomic E-state index is 0.678. The van der Waals surface area contributed by atoms with Crippen molar-refractivity contribution in [3.63, 3.8) is 0 Å². The van der Waals surface area contributed by atoms with Crippen molar-refractivity contribution < 1.29 is 4.74 Å². The van der Waals surface area contributed by atoms with Gasteiger partial charge in [0.2, 0.25) is 0 Å². The summed E-state index contributed by atoms with van der Waals surface area (Å²) in [5.41, 5.74) is 4.36. The highest BCUT2D eigenvalue weighted by atomic mass is 16.5. The molecular formula is C16H22N4O. The first-order valence-electron chi connectivity index (χ1n) is 7.42. The second-order valence-corrected chi connectivity index (χ2v) is 5.68. The van der Waals surface area contributed by atoms with Crippen LogP contribution in [-0.2, 0) is 13.1 Å². The molecule has 0 radical (unpaired) electrons. The molecule has 0 aromatic carbocycles.